The molecule has 56 valence electrons. The Labute approximate surface area is 71.4 Å². The highest BCUT2D eigenvalue weighted by molar-refractivity contribution is 9.10. The molecular formula is C8H3BrF2. The fourth-order valence-electron chi connectivity index (χ4n) is 0.639. The molecule has 0 saturated heterocycles. The van der Waals surface area contributed by atoms with E-state index in [1.54, 1.807) is 0 Å². The van der Waals surface area contributed by atoms with Gasteiger partial charge in [-0.15, -0.1) is 6.42 Å². The largest absolute Gasteiger partial charge is 0.206 e. The van der Waals surface area contributed by atoms with Crippen LogP contribution in [0.1, 0.15) is 5.56 Å². The maximum Gasteiger partial charge on any atom is 0.141 e. The minimum atomic E-state index is -0.682. The monoisotopic (exact) mass is 216 g/mol. The summed E-state index contributed by atoms with van der Waals surface area (Å²) in [5, 5.41) is 0. The first-order chi connectivity index (χ1) is 5.15. The zero-order valence-corrected chi connectivity index (χ0v) is 6.95. The lowest BCUT2D eigenvalue weighted by Crippen LogP contribution is -1.86. The highest BCUT2D eigenvalue weighted by Gasteiger charge is 2.06. The van der Waals surface area contributed by atoms with Crippen molar-refractivity contribution in [1.82, 2.24) is 0 Å². The summed E-state index contributed by atoms with van der Waals surface area (Å²) in [6.45, 7) is 0. The Morgan fingerprint density at radius 2 is 1.73 bits per heavy atom. The highest BCUT2D eigenvalue weighted by Crippen LogP contribution is 2.20. The summed E-state index contributed by atoms with van der Waals surface area (Å²) in [5.74, 6) is 0.770. The molecule has 0 aliphatic carbocycles. The van der Waals surface area contributed by atoms with E-state index < -0.39 is 11.6 Å². The fraction of sp³-hybridized carbons (Fsp3) is 0. The van der Waals surface area contributed by atoms with Crippen molar-refractivity contribution >= 4 is 15.9 Å². The molecule has 0 saturated carbocycles. The van der Waals surface area contributed by atoms with Gasteiger partial charge >= 0.3 is 0 Å². The van der Waals surface area contributed by atoms with Gasteiger partial charge in [0.15, 0.2) is 0 Å². The Morgan fingerprint density at radius 3 is 2.09 bits per heavy atom. The average molecular weight is 217 g/mol. The Kier molecular flexibility index (Phi) is 2.25. The van der Waals surface area contributed by atoms with Crippen LogP contribution in [0.5, 0.6) is 0 Å². The predicted octanol–water partition coefficient (Wildman–Crippen LogP) is 2.71. The molecule has 1 aromatic rings. The van der Waals surface area contributed by atoms with Crippen LogP contribution in [0.25, 0.3) is 0 Å². The first-order valence-electron chi connectivity index (χ1n) is 2.76. The summed E-state index contributed by atoms with van der Waals surface area (Å²) in [6.07, 6.45) is 4.94. The van der Waals surface area contributed by atoms with Gasteiger partial charge < -0.3 is 0 Å². The minimum Gasteiger partial charge on any atom is -0.206 e. The van der Waals surface area contributed by atoms with Crippen LogP contribution < -0.4 is 0 Å². The van der Waals surface area contributed by atoms with Crippen LogP contribution >= 0.6 is 15.9 Å². The quantitative estimate of drug-likeness (QED) is 0.463. The molecule has 3 heteroatoms. The molecule has 0 spiro atoms. The molecule has 11 heavy (non-hydrogen) atoms. The SMILES string of the molecule is C#Cc1cc(F)c(Br)c(F)c1. The van der Waals surface area contributed by atoms with Gasteiger partial charge in [0, 0.05) is 5.56 Å². The molecule has 0 bridgehead atoms. The van der Waals surface area contributed by atoms with Gasteiger partial charge in [-0.05, 0) is 28.1 Å². The Morgan fingerprint density at radius 1 is 1.27 bits per heavy atom. The van der Waals surface area contributed by atoms with Crippen molar-refractivity contribution in [2.45, 2.75) is 0 Å². The van der Waals surface area contributed by atoms with Crippen molar-refractivity contribution < 1.29 is 8.78 Å². The molecule has 0 radical (unpaired) electrons. The molecule has 0 aromatic heterocycles. The van der Waals surface area contributed by atoms with E-state index in [-0.39, 0.29) is 10.0 Å². The Hall–Kier alpha value is -0.880. The molecule has 1 rings (SSSR count). The molecule has 0 heterocycles. The van der Waals surface area contributed by atoms with Gasteiger partial charge in [0.2, 0.25) is 0 Å². The van der Waals surface area contributed by atoms with Crippen LogP contribution in [0.15, 0.2) is 16.6 Å². The summed E-state index contributed by atoms with van der Waals surface area (Å²) < 4.78 is 25.1. The lowest BCUT2D eigenvalue weighted by molar-refractivity contribution is 0.571. The topological polar surface area (TPSA) is 0 Å². The molecule has 0 N–H and O–H groups in total. The number of rotatable bonds is 0. The third-order valence-corrected chi connectivity index (χ3v) is 1.91. The molecule has 0 atom stereocenters. The van der Waals surface area contributed by atoms with Gasteiger partial charge in [-0.2, -0.15) is 0 Å². The summed E-state index contributed by atoms with van der Waals surface area (Å²) >= 11 is 2.72. The molecule has 0 unspecified atom stereocenters. The van der Waals surface area contributed by atoms with Crippen molar-refractivity contribution in [3.05, 3.63) is 33.8 Å². The van der Waals surface area contributed by atoms with E-state index in [2.05, 4.69) is 21.9 Å². The number of benzene rings is 1. The molecule has 0 fully saturated rings. The molecule has 0 nitrogen and oxygen atoms in total. The van der Waals surface area contributed by atoms with Crippen LogP contribution in [0.2, 0.25) is 0 Å². The van der Waals surface area contributed by atoms with E-state index in [9.17, 15) is 8.78 Å². The maximum atomic E-state index is 12.6. The van der Waals surface area contributed by atoms with Crippen LogP contribution in [-0.2, 0) is 0 Å². The number of hydrogen-bond acceptors (Lipinski definition) is 0. The first-order valence-corrected chi connectivity index (χ1v) is 3.55. The molecule has 0 amide bonds. The fourth-order valence-corrected chi connectivity index (χ4v) is 0.868. The normalized spacial score (nSPS) is 9.27. The lowest BCUT2D eigenvalue weighted by Gasteiger charge is -1.96. The van der Waals surface area contributed by atoms with Gasteiger partial charge in [-0.25, -0.2) is 8.78 Å². The summed E-state index contributed by atoms with van der Waals surface area (Å²) in [7, 11) is 0. The van der Waals surface area contributed by atoms with E-state index in [4.69, 9.17) is 6.42 Å². The smallest absolute Gasteiger partial charge is 0.141 e. The predicted molar refractivity (Wildman–Crippen MR) is 42.0 cm³/mol. The first kappa shape index (κ1) is 8.22. The minimum absolute atomic E-state index is 0.184. The zero-order valence-electron chi connectivity index (χ0n) is 5.37. The second kappa shape index (κ2) is 3.02. The second-order valence-electron chi connectivity index (χ2n) is 1.90. The molecule has 1 aromatic carbocycles. The van der Waals surface area contributed by atoms with E-state index in [1.165, 1.54) is 0 Å². The number of halogens is 3. The molecule has 0 aliphatic rings. The van der Waals surface area contributed by atoms with Gasteiger partial charge in [0.1, 0.15) is 11.6 Å². The van der Waals surface area contributed by atoms with E-state index in [0.29, 0.717) is 0 Å². The summed E-state index contributed by atoms with van der Waals surface area (Å²) in [4.78, 5) is 0. The average Bonchev–Trinajstić information content (AvgIpc) is 1.99. The van der Waals surface area contributed by atoms with Gasteiger partial charge in [-0.1, -0.05) is 5.92 Å². The second-order valence-corrected chi connectivity index (χ2v) is 2.69. The van der Waals surface area contributed by atoms with Gasteiger partial charge in [0.05, 0.1) is 4.47 Å². The van der Waals surface area contributed by atoms with Crippen LogP contribution in [0.4, 0.5) is 8.78 Å². The van der Waals surface area contributed by atoms with Crippen LogP contribution in [0.3, 0.4) is 0 Å². The third-order valence-electron chi connectivity index (χ3n) is 1.15. The van der Waals surface area contributed by atoms with E-state index in [0.717, 1.165) is 12.1 Å². The Balaban J connectivity index is 3.35. The molecular weight excluding hydrogens is 214 g/mol. The van der Waals surface area contributed by atoms with E-state index in [1.807, 2.05) is 0 Å². The maximum absolute atomic E-state index is 12.6. The Bertz CT molecular complexity index is 302. The van der Waals surface area contributed by atoms with Gasteiger partial charge in [0.25, 0.3) is 0 Å². The van der Waals surface area contributed by atoms with Crippen molar-refractivity contribution in [2.75, 3.05) is 0 Å². The van der Waals surface area contributed by atoms with E-state index >= 15 is 0 Å². The molecule has 0 aliphatic heterocycles. The van der Waals surface area contributed by atoms with Gasteiger partial charge in [-0.3, -0.25) is 0 Å². The zero-order chi connectivity index (χ0) is 8.43. The summed E-state index contributed by atoms with van der Waals surface area (Å²) in [5.41, 5.74) is 0.197. The van der Waals surface area contributed by atoms with Crippen molar-refractivity contribution in [3.63, 3.8) is 0 Å². The lowest BCUT2D eigenvalue weighted by atomic mass is 10.2. The summed E-state index contributed by atoms with van der Waals surface area (Å²) in [6, 6.07) is 2.18. The third kappa shape index (κ3) is 1.58. The van der Waals surface area contributed by atoms with Crippen molar-refractivity contribution in [2.24, 2.45) is 0 Å². The van der Waals surface area contributed by atoms with Crippen LogP contribution in [0, 0.1) is 24.0 Å². The standard InChI is InChI=1S/C8H3BrF2/c1-2-5-3-6(10)8(9)7(11)4-5/h1,3-4H. The van der Waals surface area contributed by atoms with Crippen molar-refractivity contribution in [3.8, 4) is 12.3 Å². The van der Waals surface area contributed by atoms with Crippen LogP contribution in [-0.4, -0.2) is 0 Å². The number of terminal acetylenes is 1. The van der Waals surface area contributed by atoms with Crippen molar-refractivity contribution in [1.29, 1.82) is 0 Å². The highest BCUT2D eigenvalue weighted by atomic mass is 79.9. The number of hydrogen-bond donors (Lipinski definition) is 0.